The third-order valence-electron chi connectivity index (χ3n) is 3.04. The summed E-state index contributed by atoms with van der Waals surface area (Å²) in [5, 5.41) is 7.89. The van der Waals surface area contributed by atoms with E-state index >= 15 is 0 Å². The molecule has 2 rings (SSSR count). The molecular weight excluding hydrogens is 222 g/mol. The van der Waals surface area contributed by atoms with E-state index in [2.05, 4.69) is 54.7 Å². The fraction of sp³-hybridized carbons (Fsp3) is 0.400. The molecule has 0 saturated carbocycles. The van der Waals surface area contributed by atoms with Crippen molar-refractivity contribution in [3.63, 3.8) is 0 Å². The third kappa shape index (κ3) is 3.44. The Balaban J connectivity index is 1.98. The Morgan fingerprint density at radius 1 is 1.28 bits per heavy atom. The lowest BCUT2D eigenvalue weighted by atomic mass is 10.2. The molecule has 0 saturated heterocycles. The van der Waals surface area contributed by atoms with Crippen LogP contribution in [0.2, 0.25) is 0 Å². The second-order valence-electron chi connectivity index (χ2n) is 4.63. The van der Waals surface area contributed by atoms with Crippen molar-refractivity contribution in [2.75, 3.05) is 6.54 Å². The second-order valence-corrected chi connectivity index (χ2v) is 4.63. The minimum atomic E-state index is 0.370. The lowest BCUT2D eigenvalue weighted by molar-refractivity contribution is 0.569. The standard InChI is InChI=1S/C15H21N3/c1-3-9-16-13(2)15-10-17-18(12-15)11-14-7-5-4-6-8-14/h4-8,10,12-13,16H,3,9,11H2,1-2H3. The zero-order chi connectivity index (χ0) is 12.8. The van der Waals surface area contributed by atoms with E-state index in [4.69, 9.17) is 0 Å². The Morgan fingerprint density at radius 2 is 2.06 bits per heavy atom. The van der Waals surface area contributed by atoms with Crippen LogP contribution < -0.4 is 5.32 Å². The minimum absolute atomic E-state index is 0.370. The molecule has 1 unspecified atom stereocenters. The van der Waals surface area contributed by atoms with Gasteiger partial charge in [0, 0.05) is 17.8 Å². The molecule has 1 atom stereocenters. The molecule has 2 aromatic rings. The van der Waals surface area contributed by atoms with Crippen molar-refractivity contribution in [3.8, 4) is 0 Å². The Morgan fingerprint density at radius 3 is 2.78 bits per heavy atom. The lowest BCUT2D eigenvalue weighted by Crippen LogP contribution is -2.18. The van der Waals surface area contributed by atoms with Gasteiger partial charge in [-0.05, 0) is 25.5 Å². The quantitative estimate of drug-likeness (QED) is 0.845. The van der Waals surface area contributed by atoms with Gasteiger partial charge in [-0.2, -0.15) is 5.10 Å². The summed E-state index contributed by atoms with van der Waals surface area (Å²) in [4.78, 5) is 0. The summed E-state index contributed by atoms with van der Waals surface area (Å²) in [7, 11) is 0. The Kier molecular flexibility index (Phi) is 4.53. The van der Waals surface area contributed by atoms with Crippen LogP contribution in [0.15, 0.2) is 42.7 Å². The molecule has 0 amide bonds. The molecule has 1 heterocycles. The molecule has 0 radical (unpaired) electrons. The van der Waals surface area contributed by atoms with Gasteiger partial charge >= 0.3 is 0 Å². The van der Waals surface area contributed by atoms with Crippen LogP contribution in [-0.4, -0.2) is 16.3 Å². The SMILES string of the molecule is CCCNC(C)c1cnn(Cc2ccccc2)c1. The Hall–Kier alpha value is -1.61. The van der Waals surface area contributed by atoms with Gasteiger partial charge in [-0.25, -0.2) is 0 Å². The normalized spacial score (nSPS) is 12.6. The van der Waals surface area contributed by atoms with E-state index in [9.17, 15) is 0 Å². The van der Waals surface area contributed by atoms with E-state index in [0.717, 1.165) is 19.5 Å². The van der Waals surface area contributed by atoms with Crippen LogP contribution in [-0.2, 0) is 6.54 Å². The Bertz CT molecular complexity index is 462. The highest BCUT2D eigenvalue weighted by Gasteiger charge is 2.06. The molecule has 1 aromatic heterocycles. The van der Waals surface area contributed by atoms with Crippen molar-refractivity contribution in [3.05, 3.63) is 53.9 Å². The van der Waals surface area contributed by atoms with E-state index in [-0.39, 0.29) is 0 Å². The molecule has 1 N–H and O–H groups in total. The van der Waals surface area contributed by atoms with Gasteiger partial charge in [0.15, 0.2) is 0 Å². The van der Waals surface area contributed by atoms with Crippen LogP contribution in [0, 0.1) is 0 Å². The molecule has 0 aliphatic rings. The van der Waals surface area contributed by atoms with Crippen LogP contribution in [0.25, 0.3) is 0 Å². The van der Waals surface area contributed by atoms with Gasteiger partial charge < -0.3 is 5.32 Å². The number of benzene rings is 1. The molecular formula is C15H21N3. The predicted molar refractivity (Wildman–Crippen MR) is 74.5 cm³/mol. The maximum Gasteiger partial charge on any atom is 0.0659 e. The molecule has 1 aromatic carbocycles. The average molecular weight is 243 g/mol. The van der Waals surface area contributed by atoms with E-state index in [1.807, 2.05) is 16.9 Å². The smallest absolute Gasteiger partial charge is 0.0659 e. The molecule has 0 fully saturated rings. The van der Waals surface area contributed by atoms with Gasteiger partial charge in [0.2, 0.25) is 0 Å². The molecule has 0 spiro atoms. The van der Waals surface area contributed by atoms with Crippen LogP contribution in [0.4, 0.5) is 0 Å². The van der Waals surface area contributed by atoms with Gasteiger partial charge in [0.1, 0.15) is 0 Å². The maximum absolute atomic E-state index is 4.42. The summed E-state index contributed by atoms with van der Waals surface area (Å²) in [5.41, 5.74) is 2.53. The summed E-state index contributed by atoms with van der Waals surface area (Å²) in [5.74, 6) is 0. The van der Waals surface area contributed by atoms with Crippen molar-refractivity contribution in [2.45, 2.75) is 32.9 Å². The van der Waals surface area contributed by atoms with Crippen LogP contribution in [0.5, 0.6) is 0 Å². The van der Waals surface area contributed by atoms with Crippen LogP contribution in [0.3, 0.4) is 0 Å². The molecule has 0 aliphatic carbocycles. The summed E-state index contributed by atoms with van der Waals surface area (Å²) >= 11 is 0. The van der Waals surface area contributed by atoms with Crippen molar-refractivity contribution < 1.29 is 0 Å². The summed E-state index contributed by atoms with van der Waals surface area (Å²) in [6.07, 6.45) is 5.24. The highest BCUT2D eigenvalue weighted by atomic mass is 15.3. The first-order valence-corrected chi connectivity index (χ1v) is 6.59. The van der Waals surface area contributed by atoms with Gasteiger partial charge in [-0.3, -0.25) is 4.68 Å². The van der Waals surface area contributed by atoms with Gasteiger partial charge in [0.25, 0.3) is 0 Å². The van der Waals surface area contributed by atoms with E-state index in [1.165, 1.54) is 11.1 Å². The molecule has 96 valence electrons. The topological polar surface area (TPSA) is 29.9 Å². The molecule has 0 bridgehead atoms. The molecule has 18 heavy (non-hydrogen) atoms. The largest absolute Gasteiger partial charge is 0.310 e. The maximum atomic E-state index is 4.42. The first-order valence-electron chi connectivity index (χ1n) is 6.59. The highest BCUT2D eigenvalue weighted by molar-refractivity contribution is 5.16. The fourth-order valence-corrected chi connectivity index (χ4v) is 1.94. The molecule has 3 nitrogen and oxygen atoms in total. The van der Waals surface area contributed by atoms with E-state index < -0.39 is 0 Å². The second kappa shape index (κ2) is 6.36. The first kappa shape index (κ1) is 12.8. The lowest BCUT2D eigenvalue weighted by Gasteiger charge is -2.10. The van der Waals surface area contributed by atoms with Crippen LogP contribution >= 0.6 is 0 Å². The average Bonchev–Trinajstić information content (AvgIpc) is 2.86. The number of nitrogens with one attached hydrogen (secondary N) is 1. The van der Waals surface area contributed by atoms with Crippen molar-refractivity contribution in [1.29, 1.82) is 0 Å². The summed E-state index contributed by atoms with van der Waals surface area (Å²) in [6, 6.07) is 10.8. The number of nitrogens with zero attached hydrogens (tertiary/aromatic N) is 2. The van der Waals surface area contributed by atoms with Crippen molar-refractivity contribution in [2.24, 2.45) is 0 Å². The monoisotopic (exact) mass is 243 g/mol. The zero-order valence-electron chi connectivity index (χ0n) is 11.1. The molecule has 0 aliphatic heterocycles. The molecule has 3 heteroatoms. The number of aromatic nitrogens is 2. The number of hydrogen-bond donors (Lipinski definition) is 1. The number of hydrogen-bond acceptors (Lipinski definition) is 2. The zero-order valence-corrected chi connectivity index (χ0v) is 11.1. The highest BCUT2D eigenvalue weighted by Crippen LogP contribution is 2.11. The van der Waals surface area contributed by atoms with Crippen molar-refractivity contribution in [1.82, 2.24) is 15.1 Å². The van der Waals surface area contributed by atoms with Crippen LogP contribution in [0.1, 0.15) is 37.4 Å². The van der Waals surface area contributed by atoms with Crippen molar-refractivity contribution >= 4 is 0 Å². The van der Waals surface area contributed by atoms with E-state index in [1.54, 1.807) is 0 Å². The van der Waals surface area contributed by atoms with Gasteiger partial charge in [0.05, 0.1) is 12.7 Å². The predicted octanol–water partition coefficient (Wildman–Crippen LogP) is 2.99. The fourth-order valence-electron chi connectivity index (χ4n) is 1.94. The number of rotatable bonds is 6. The first-order chi connectivity index (χ1) is 8.79. The Labute approximate surface area is 109 Å². The minimum Gasteiger partial charge on any atom is -0.310 e. The van der Waals surface area contributed by atoms with Gasteiger partial charge in [-0.1, -0.05) is 37.3 Å². The summed E-state index contributed by atoms with van der Waals surface area (Å²) < 4.78 is 1.99. The third-order valence-corrected chi connectivity index (χ3v) is 3.04. The summed E-state index contributed by atoms with van der Waals surface area (Å²) in [6.45, 7) is 6.24. The van der Waals surface area contributed by atoms with E-state index in [0.29, 0.717) is 6.04 Å². The van der Waals surface area contributed by atoms with Gasteiger partial charge in [-0.15, -0.1) is 0 Å².